The summed E-state index contributed by atoms with van der Waals surface area (Å²) in [4.78, 5) is 8.88. The minimum absolute atomic E-state index is 0.0183. The Labute approximate surface area is 145 Å². The van der Waals surface area contributed by atoms with E-state index < -0.39 is 0 Å². The number of rotatable bonds is 5. The molecule has 0 saturated heterocycles. The van der Waals surface area contributed by atoms with Gasteiger partial charge in [0.05, 0.1) is 19.4 Å². The highest BCUT2D eigenvalue weighted by Crippen LogP contribution is 2.33. The van der Waals surface area contributed by atoms with Gasteiger partial charge in [-0.1, -0.05) is 23.7 Å². The lowest BCUT2D eigenvalue weighted by Crippen LogP contribution is -2.08. The Morgan fingerprint density at radius 1 is 1.29 bits per heavy atom. The average Bonchev–Trinajstić information content (AvgIpc) is 2.60. The van der Waals surface area contributed by atoms with Crippen molar-refractivity contribution in [2.45, 2.75) is 6.92 Å². The fraction of sp³-hybridized carbons (Fsp3) is 0.222. The van der Waals surface area contributed by atoms with Crippen molar-refractivity contribution < 1.29 is 9.84 Å². The summed E-state index contributed by atoms with van der Waals surface area (Å²) >= 11 is 6.01. The molecule has 0 saturated carbocycles. The van der Waals surface area contributed by atoms with Crippen LogP contribution >= 0.6 is 11.6 Å². The van der Waals surface area contributed by atoms with Gasteiger partial charge in [0.15, 0.2) is 0 Å². The standard InChI is InChI=1S/C18H18ClN3O2/c1-11-13(4-3-5-16(11)24-2)15-8-12-10-21-17(19)9-14(12)18(22-15)20-6-7-23/h3-5,8-10,23H,6-7H2,1-2H3,(H,20,22). The van der Waals surface area contributed by atoms with Crippen LogP contribution in [0.15, 0.2) is 36.5 Å². The Morgan fingerprint density at radius 3 is 2.88 bits per heavy atom. The zero-order chi connectivity index (χ0) is 17.1. The van der Waals surface area contributed by atoms with Gasteiger partial charge in [-0.3, -0.25) is 0 Å². The number of methoxy groups -OCH3 is 1. The normalized spacial score (nSPS) is 10.8. The van der Waals surface area contributed by atoms with Crippen LogP contribution in [0.1, 0.15) is 5.56 Å². The van der Waals surface area contributed by atoms with E-state index in [0.29, 0.717) is 17.5 Å². The molecule has 5 nitrogen and oxygen atoms in total. The van der Waals surface area contributed by atoms with Crippen molar-refractivity contribution >= 4 is 28.2 Å². The highest BCUT2D eigenvalue weighted by atomic mass is 35.5. The van der Waals surface area contributed by atoms with E-state index in [1.54, 1.807) is 19.4 Å². The lowest BCUT2D eigenvalue weighted by Gasteiger charge is -2.14. The van der Waals surface area contributed by atoms with Gasteiger partial charge in [-0.2, -0.15) is 0 Å². The number of aliphatic hydroxyl groups is 1. The first-order valence-electron chi connectivity index (χ1n) is 7.59. The van der Waals surface area contributed by atoms with Gasteiger partial charge < -0.3 is 15.2 Å². The first-order chi connectivity index (χ1) is 11.6. The maximum Gasteiger partial charge on any atom is 0.134 e. The number of fused-ring (bicyclic) bond motifs is 1. The van der Waals surface area contributed by atoms with E-state index in [1.165, 1.54) is 0 Å². The van der Waals surface area contributed by atoms with E-state index >= 15 is 0 Å². The van der Waals surface area contributed by atoms with E-state index in [9.17, 15) is 0 Å². The van der Waals surface area contributed by atoms with Gasteiger partial charge in [-0.25, -0.2) is 9.97 Å². The first-order valence-corrected chi connectivity index (χ1v) is 7.97. The van der Waals surface area contributed by atoms with Gasteiger partial charge in [-0.05, 0) is 25.1 Å². The molecule has 6 heteroatoms. The highest BCUT2D eigenvalue weighted by molar-refractivity contribution is 6.30. The maximum atomic E-state index is 9.11. The Morgan fingerprint density at radius 2 is 2.12 bits per heavy atom. The molecule has 1 aromatic carbocycles. The Balaban J connectivity index is 2.20. The minimum Gasteiger partial charge on any atom is -0.496 e. The molecule has 3 rings (SSSR count). The summed E-state index contributed by atoms with van der Waals surface area (Å²) in [6.45, 7) is 2.42. The largest absolute Gasteiger partial charge is 0.496 e. The van der Waals surface area contributed by atoms with Crippen LogP contribution in [-0.2, 0) is 0 Å². The summed E-state index contributed by atoms with van der Waals surface area (Å²) in [7, 11) is 1.65. The van der Waals surface area contributed by atoms with Crippen LogP contribution in [0.3, 0.4) is 0 Å². The molecule has 0 unspecified atom stereocenters. The molecule has 0 aliphatic carbocycles. The summed E-state index contributed by atoms with van der Waals surface area (Å²) in [5.74, 6) is 1.48. The quantitative estimate of drug-likeness (QED) is 0.692. The second kappa shape index (κ2) is 7.03. The molecule has 0 bridgehead atoms. The average molecular weight is 344 g/mol. The number of hydrogen-bond donors (Lipinski definition) is 2. The fourth-order valence-electron chi connectivity index (χ4n) is 2.68. The Hall–Kier alpha value is -2.37. The second-order valence-corrected chi connectivity index (χ2v) is 5.75. The highest BCUT2D eigenvalue weighted by Gasteiger charge is 2.12. The molecule has 2 heterocycles. The third-order valence-corrected chi connectivity index (χ3v) is 4.07. The van der Waals surface area contributed by atoms with E-state index in [-0.39, 0.29) is 6.61 Å². The number of benzene rings is 1. The second-order valence-electron chi connectivity index (χ2n) is 5.37. The fourth-order valence-corrected chi connectivity index (χ4v) is 2.84. The number of nitrogens with zero attached hydrogens (tertiary/aromatic N) is 2. The number of halogens is 1. The molecule has 0 fully saturated rings. The van der Waals surface area contributed by atoms with E-state index in [2.05, 4.69) is 10.3 Å². The number of anilines is 1. The van der Waals surface area contributed by atoms with Gasteiger partial charge in [0, 0.05) is 34.6 Å². The molecule has 24 heavy (non-hydrogen) atoms. The summed E-state index contributed by atoms with van der Waals surface area (Å²) in [5.41, 5.74) is 2.81. The van der Waals surface area contributed by atoms with E-state index in [0.717, 1.165) is 33.3 Å². The lowest BCUT2D eigenvalue weighted by atomic mass is 10.0. The topological polar surface area (TPSA) is 67.3 Å². The van der Waals surface area contributed by atoms with Gasteiger partial charge in [-0.15, -0.1) is 0 Å². The van der Waals surface area contributed by atoms with Crippen molar-refractivity contribution in [2.24, 2.45) is 0 Å². The van der Waals surface area contributed by atoms with Crippen molar-refractivity contribution in [1.29, 1.82) is 0 Å². The van der Waals surface area contributed by atoms with Crippen molar-refractivity contribution in [3.05, 3.63) is 47.2 Å². The third-order valence-electron chi connectivity index (χ3n) is 3.87. The van der Waals surface area contributed by atoms with E-state index in [4.69, 9.17) is 26.4 Å². The lowest BCUT2D eigenvalue weighted by molar-refractivity contribution is 0.311. The number of aliphatic hydroxyl groups excluding tert-OH is 1. The summed E-state index contributed by atoms with van der Waals surface area (Å²) in [6.07, 6.45) is 1.72. The van der Waals surface area contributed by atoms with Crippen LogP contribution in [-0.4, -0.2) is 35.3 Å². The minimum atomic E-state index is 0.0183. The summed E-state index contributed by atoms with van der Waals surface area (Å²) in [5, 5.41) is 14.4. The molecule has 0 spiro atoms. The molecule has 0 aliphatic heterocycles. The molecule has 0 aliphatic rings. The summed E-state index contributed by atoms with van der Waals surface area (Å²) in [6, 6.07) is 9.61. The predicted octanol–water partition coefficient (Wildman–Crippen LogP) is 3.67. The van der Waals surface area contributed by atoms with Crippen LogP contribution in [0, 0.1) is 6.92 Å². The van der Waals surface area contributed by atoms with Crippen LogP contribution in [0.25, 0.3) is 22.0 Å². The molecule has 124 valence electrons. The molecule has 0 radical (unpaired) electrons. The number of pyridine rings is 2. The monoisotopic (exact) mass is 343 g/mol. The van der Waals surface area contributed by atoms with Crippen molar-refractivity contribution in [3.63, 3.8) is 0 Å². The van der Waals surface area contributed by atoms with Crippen LogP contribution < -0.4 is 10.1 Å². The molecule has 3 aromatic rings. The van der Waals surface area contributed by atoms with Crippen molar-refractivity contribution in [3.8, 4) is 17.0 Å². The SMILES string of the molecule is COc1cccc(-c2cc3cnc(Cl)cc3c(NCCO)n2)c1C. The number of hydrogen-bond acceptors (Lipinski definition) is 5. The Bertz CT molecular complexity index is 884. The predicted molar refractivity (Wildman–Crippen MR) is 96.8 cm³/mol. The number of nitrogens with one attached hydrogen (secondary N) is 1. The van der Waals surface area contributed by atoms with Crippen molar-refractivity contribution in [2.75, 3.05) is 25.6 Å². The molecule has 0 amide bonds. The van der Waals surface area contributed by atoms with Gasteiger partial charge in [0.25, 0.3) is 0 Å². The summed E-state index contributed by atoms with van der Waals surface area (Å²) < 4.78 is 5.40. The van der Waals surface area contributed by atoms with E-state index in [1.807, 2.05) is 31.2 Å². The zero-order valence-corrected chi connectivity index (χ0v) is 14.3. The zero-order valence-electron chi connectivity index (χ0n) is 13.5. The first kappa shape index (κ1) is 16.5. The van der Waals surface area contributed by atoms with Gasteiger partial charge in [0.1, 0.15) is 16.7 Å². The van der Waals surface area contributed by atoms with Crippen LogP contribution in [0.2, 0.25) is 5.15 Å². The molecule has 0 atom stereocenters. The molecule has 2 aromatic heterocycles. The van der Waals surface area contributed by atoms with Gasteiger partial charge >= 0.3 is 0 Å². The van der Waals surface area contributed by atoms with Gasteiger partial charge in [0.2, 0.25) is 0 Å². The third kappa shape index (κ3) is 3.13. The van der Waals surface area contributed by atoms with Crippen LogP contribution in [0.5, 0.6) is 5.75 Å². The molecular formula is C18H18ClN3O2. The number of aromatic nitrogens is 2. The van der Waals surface area contributed by atoms with Crippen molar-refractivity contribution in [1.82, 2.24) is 9.97 Å². The molecular weight excluding hydrogens is 326 g/mol. The Kier molecular flexibility index (Phi) is 4.83. The maximum absolute atomic E-state index is 9.11. The molecule has 2 N–H and O–H groups in total. The van der Waals surface area contributed by atoms with Crippen LogP contribution in [0.4, 0.5) is 5.82 Å². The smallest absolute Gasteiger partial charge is 0.134 e. The number of ether oxygens (including phenoxy) is 1.